The number of rotatable bonds is 6. The van der Waals surface area contributed by atoms with Crippen LogP contribution in [0, 0.1) is 0 Å². The molecule has 0 aromatic carbocycles. The van der Waals surface area contributed by atoms with Crippen LogP contribution in [-0.2, 0) is 4.74 Å². The van der Waals surface area contributed by atoms with Crippen molar-refractivity contribution in [3.05, 3.63) is 35.9 Å². The van der Waals surface area contributed by atoms with E-state index >= 15 is 0 Å². The van der Waals surface area contributed by atoms with Gasteiger partial charge < -0.3 is 10.5 Å². The monoisotopic (exact) mass is 213 g/mol. The van der Waals surface area contributed by atoms with Gasteiger partial charge in [-0.15, -0.1) is 0 Å². The van der Waals surface area contributed by atoms with Gasteiger partial charge in [-0.25, -0.2) is 0 Å². The van der Waals surface area contributed by atoms with E-state index in [4.69, 9.17) is 10.5 Å². The Bertz CT molecular complexity index is 231. The van der Waals surface area contributed by atoms with Crippen molar-refractivity contribution in [1.29, 1.82) is 0 Å². The Morgan fingerprint density at radius 1 is 1.43 bits per heavy atom. The van der Waals surface area contributed by atoms with Crippen molar-refractivity contribution in [3.63, 3.8) is 0 Å². The lowest BCUT2D eigenvalue weighted by molar-refractivity contribution is 0.402. The predicted octanol–water partition coefficient (Wildman–Crippen LogP) is 3.04. The third-order valence-corrected chi connectivity index (χ3v) is 2.25. The molecule has 0 spiro atoms. The second-order valence-corrected chi connectivity index (χ2v) is 3.74. The molecule has 0 unspecified atom stereocenters. The predicted molar refractivity (Wildman–Crippen MR) is 64.9 cm³/mol. The van der Waals surface area contributed by atoms with Gasteiger partial charge in [-0.05, 0) is 37.3 Å². The van der Waals surface area contributed by atoms with Crippen molar-refractivity contribution < 1.29 is 4.74 Å². The largest absolute Gasteiger partial charge is 0.473 e. The van der Waals surface area contributed by atoms with Gasteiger partial charge in [-0.1, -0.05) is 6.92 Å². The van der Waals surface area contributed by atoms with Crippen LogP contribution in [0.1, 0.15) is 20.3 Å². The average Bonchev–Trinajstić information content (AvgIpc) is 2.21. The van der Waals surface area contributed by atoms with E-state index in [2.05, 4.69) is 6.26 Å². The first kappa shape index (κ1) is 13.2. The van der Waals surface area contributed by atoms with Gasteiger partial charge >= 0.3 is 0 Å². The fourth-order valence-electron chi connectivity index (χ4n) is 0.764. The molecule has 3 heteroatoms. The highest BCUT2D eigenvalue weighted by atomic mass is 32.2. The van der Waals surface area contributed by atoms with Gasteiger partial charge in [0.05, 0.1) is 12.5 Å². The molecule has 0 fully saturated rings. The maximum Gasteiger partial charge on any atom is 0.0904 e. The molecule has 0 saturated carbocycles. The van der Waals surface area contributed by atoms with E-state index in [1.54, 1.807) is 24.3 Å². The summed E-state index contributed by atoms with van der Waals surface area (Å²) in [6.45, 7) is 4.01. The van der Waals surface area contributed by atoms with Gasteiger partial charge in [0.1, 0.15) is 0 Å². The van der Waals surface area contributed by atoms with Gasteiger partial charge in [0.2, 0.25) is 0 Å². The second-order valence-electron chi connectivity index (χ2n) is 2.83. The van der Waals surface area contributed by atoms with Gasteiger partial charge in [-0.3, -0.25) is 0 Å². The highest BCUT2D eigenvalue weighted by Gasteiger charge is 1.89. The fraction of sp³-hybridized carbons (Fsp3) is 0.455. The van der Waals surface area contributed by atoms with Crippen LogP contribution in [0.5, 0.6) is 0 Å². The van der Waals surface area contributed by atoms with Crippen molar-refractivity contribution >= 4 is 11.8 Å². The molecule has 0 aliphatic carbocycles. The lowest BCUT2D eigenvalue weighted by Crippen LogP contribution is -1.97. The quantitative estimate of drug-likeness (QED) is 0.544. The zero-order valence-electron chi connectivity index (χ0n) is 9.12. The molecule has 0 aliphatic rings. The number of nitrogens with two attached hydrogens (primary N) is 1. The van der Waals surface area contributed by atoms with E-state index in [1.165, 1.54) is 0 Å². The number of allylic oxidation sites excluding steroid dienone is 3. The molecule has 0 saturated heterocycles. The molecule has 2 nitrogen and oxygen atoms in total. The molecule has 2 N–H and O–H groups in total. The summed E-state index contributed by atoms with van der Waals surface area (Å²) < 4.78 is 5.14. The van der Waals surface area contributed by atoms with Crippen LogP contribution < -0.4 is 5.73 Å². The van der Waals surface area contributed by atoms with E-state index in [9.17, 15) is 0 Å². The van der Waals surface area contributed by atoms with Crippen LogP contribution in [-0.4, -0.2) is 12.0 Å². The SMILES string of the molecule is CC/C(N)=C(C)\C=C\O/C=C/CSC. The summed E-state index contributed by atoms with van der Waals surface area (Å²) in [6, 6.07) is 0. The topological polar surface area (TPSA) is 35.2 Å². The molecule has 80 valence electrons. The number of thioether (sulfide) groups is 1. The Morgan fingerprint density at radius 2 is 2.14 bits per heavy atom. The average molecular weight is 213 g/mol. The third kappa shape index (κ3) is 6.66. The normalized spacial score (nSPS) is 13.6. The Balaban J connectivity index is 3.83. The fourth-order valence-corrected chi connectivity index (χ4v) is 1.03. The van der Waals surface area contributed by atoms with Gasteiger partial charge in [-0.2, -0.15) is 11.8 Å². The molecule has 0 amide bonds. The molecule has 0 atom stereocenters. The second kappa shape index (κ2) is 8.75. The molecule has 0 bridgehead atoms. The zero-order valence-corrected chi connectivity index (χ0v) is 9.93. The summed E-state index contributed by atoms with van der Waals surface area (Å²) in [7, 11) is 0. The van der Waals surface area contributed by atoms with Crippen molar-refractivity contribution in [2.24, 2.45) is 5.73 Å². The van der Waals surface area contributed by atoms with E-state index < -0.39 is 0 Å². The Kier molecular flexibility index (Phi) is 8.24. The summed E-state index contributed by atoms with van der Waals surface area (Å²) in [5.74, 6) is 0.972. The van der Waals surface area contributed by atoms with Gasteiger partial charge in [0.25, 0.3) is 0 Å². The summed E-state index contributed by atoms with van der Waals surface area (Å²) in [4.78, 5) is 0. The maximum absolute atomic E-state index is 5.73. The first-order chi connectivity index (χ1) is 6.72. The van der Waals surface area contributed by atoms with Crippen LogP contribution in [0.15, 0.2) is 35.9 Å². The Labute approximate surface area is 90.9 Å². The van der Waals surface area contributed by atoms with Crippen LogP contribution in [0.2, 0.25) is 0 Å². The summed E-state index contributed by atoms with van der Waals surface area (Å²) in [6.07, 6.45) is 10.1. The number of hydrogen-bond acceptors (Lipinski definition) is 3. The number of ether oxygens (including phenoxy) is 1. The lowest BCUT2D eigenvalue weighted by atomic mass is 10.2. The van der Waals surface area contributed by atoms with Crippen LogP contribution >= 0.6 is 11.8 Å². The standard InChI is InChI=1S/C11H19NOS/c1-4-11(12)10(2)6-8-13-7-5-9-14-3/h5-8H,4,9,12H2,1-3H3/b7-5+,8-6+,11-10+. The first-order valence-corrected chi connectivity index (χ1v) is 6.03. The van der Waals surface area contributed by atoms with E-state index in [0.29, 0.717) is 0 Å². The van der Waals surface area contributed by atoms with E-state index in [0.717, 1.165) is 23.4 Å². The van der Waals surface area contributed by atoms with Crippen molar-refractivity contribution in [3.8, 4) is 0 Å². The first-order valence-electron chi connectivity index (χ1n) is 4.63. The van der Waals surface area contributed by atoms with Crippen molar-refractivity contribution in [2.45, 2.75) is 20.3 Å². The molecule has 0 aromatic rings. The third-order valence-electron chi connectivity index (χ3n) is 1.72. The summed E-state index contributed by atoms with van der Waals surface area (Å²) in [5.41, 5.74) is 7.69. The molecule has 0 aromatic heterocycles. The van der Waals surface area contributed by atoms with Crippen LogP contribution in [0.25, 0.3) is 0 Å². The molecule has 0 radical (unpaired) electrons. The maximum atomic E-state index is 5.73. The molecule has 14 heavy (non-hydrogen) atoms. The van der Waals surface area contributed by atoms with Crippen LogP contribution in [0.3, 0.4) is 0 Å². The van der Waals surface area contributed by atoms with Crippen LogP contribution in [0.4, 0.5) is 0 Å². The van der Waals surface area contributed by atoms with E-state index in [1.807, 2.05) is 26.0 Å². The molecule has 0 heterocycles. The smallest absolute Gasteiger partial charge is 0.0904 e. The van der Waals surface area contributed by atoms with Crippen molar-refractivity contribution in [1.82, 2.24) is 0 Å². The number of hydrogen-bond donors (Lipinski definition) is 1. The van der Waals surface area contributed by atoms with E-state index in [-0.39, 0.29) is 0 Å². The summed E-state index contributed by atoms with van der Waals surface area (Å²) in [5, 5.41) is 0. The summed E-state index contributed by atoms with van der Waals surface area (Å²) >= 11 is 1.75. The minimum absolute atomic E-state index is 0.873. The Morgan fingerprint density at radius 3 is 2.71 bits per heavy atom. The minimum atomic E-state index is 0.873. The molecular formula is C11H19NOS. The molecule has 0 rings (SSSR count). The minimum Gasteiger partial charge on any atom is -0.473 e. The highest BCUT2D eigenvalue weighted by molar-refractivity contribution is 7.98. The van der Waals surface area contributed by atoms with Crippen molar-refractivity contribution in [2.75, 3.05) is 12.0 Å². The Hall–Kier alpha value is -0.830. The zero-order chi connectivity index (χ0) is 10.8. The lowest BCUT2D eigenvalue weighted by Gasteiger charge is -1.98. The molecule has 0 aliphatic heterocycles. The van der Waals surface area contributed by atoms with Gasteiger partial charge in [0, 0.05) is 11.4 Å². The molecular weight excluding hydrogens is 194 g/mol. The van der Waals surface area contributed by atoms with Gasteiger partial charge in [0.15, 0.2) is 0 Å². The highest BCUT2D eigenvalue weighted by Crippen LogP contribution is 2.03.